The Morgan fingerprint density at radius 3 is 1.85 bits per heavy atom. The highest BCUT2D eigenvalue weighted by Crippen LogP contribution is 2.40. The van der Waals surface area contributed by atoms with Gasteiger partial charge in [0.05, 0.1) is 28.6 Å². The van der Waals surface area contributed by atoms with Gasteiger partial charge in [0, 0.05) is 18.8 Å². The summed E-state index contributed by atoms with van der Waals surface area (Å²) in [5.74, 6) is -0.326. The van der Waals surface area contributed by atoms with Gasteiger partial charge in [-0.1, -0.05) is 109 Å². The van der Waals surface area contributed by atoms with Crippen molar-refractivity contribution < 1.29 is 14.3 Å². The van der Waals surface area contributed by atoms with Gasteiger partial charge in [-0.25, -0.2) is 4.79 Å². The molecule has 4 aromatic carbocycles. The van der Waals surface area contributed by atoms with E-state index in [1.54, 1.807) is 6.07 Å². The van der Waals surface area contributed by atoms with Gasteiger partial charge in [-0.3, -0.25) is 10.1 Å². The molecule has 0 aromatic heterocycles. The van der Waals surface area contributed by atoms with E-state index in [4.69, 9.17) is 17.4 Å². The maximum Gasteiger partial charge on any atom is 0.339 e. The molecule has 0 saturated carbocycles. The number of esters is 1. The van der Waals surface area contributed by atoms with Crippen LogP contribution in [0.4, 0.5) is 0 Å². The van der Waals surface area contributed by atoms with Crippen molar-refractivity contribution in [2.24, 2.45) is 0 Å². The SMILES string of the molecule is CC(C)(C)OC(=O)c1ccccc1C(N[C@@H](CS)C(=O)N1CCC(C#N)(c2ccccc2)CC1)(c1ccccc1)c1ccccc1. The Morgan fingerprint density at radius 2 is 1.35 bits per heavy atom. The Labute approximate surface area is 277 Å². The molecule has 4 aromatic rings. The first-order valence-electron chi connectivity index (χ1n) is 15.7. The lowest BCUT2D eigenvalue weighted by molar-refractivity contribution is -0.134. The van der Waals surface area contributed by atoms with E-state index in [-0.39, 0.29) is 11.7 Å². The molecule has 46 heavy (non-hydrogen) atoms. The van der Waals surface area contributed by atoms with Crippen LogP contribution in [0.5, 0.6) is 0 Å². The van der Waals surface area contributed by atoms with E-state index in [2.05, 4.69) is 11.4 Å². The molecule has 0 spiro atoms. The van der Waals surface area contributed by atoms with Crippen LogP contribution in [0.1, 0.15) is 66.2 Å². The second-order valence-corrected chi connectivity index (χ2v) is 13.2. The van der Waals surface area contributed by atoms with Crippen LogP contribution in [0.2, 0.25) is 0 Å². The van der Waals surface area contributed by atoms with Gasteiger partial charge in [0.2, 0.25) is 5.91 Å². The zero-order chi connectivity index (χ0) is 32.8. The summed E-state index contributed by atoms with van der Waals surface area (Å²) in [7, 11) is 0. The summed E-state index contributed by atoms with van der Waals surface area (Å²) in [6.07, 6.45) is 1.09. The molecule has 0 aliphatic carbocycles. The van der Waals surface area contributed by atoms with Crippen molar-refractivity contribution in [2.75, 3.05) is 18.8 Å². The standard InChI is InChI=1S/C39H41N3O3S/c1-37(2,3)45-36(44)32-21-13-14-22-33(32)39(30-17-9-5-10-18-30,31-19-11-6-12-20-31)41-34(27-46)35(43)42-25-23-38(28-40,24-26-42)29-15-7-4-8-16-29/h4-22,34,41,46H,23-27H2,1-3H3/t34-/m0/s1. The maximum absolute atomic E-state index is 14.4. The third-order valence-corrected chi connectivity index (χ3v) is 9.07. The molecule has 1 aliphatic heterocycles. The van der Waals surface area contributed by atoms with Crippen LogP contribution in [-0.4, -0.2) is 47.3 Å². The molecule has 0 unspecified atom stereocenters. The monoisotopic (exact) mass is 631 g/mol. The molecule has 1 atom stereocenters. The van der Waals surface area contributed by atoms with Crippen molar-refractivity contribution >= 4 is 24.5 Å². The number of piperidine rings is 1. The summed E-state index contributed by atoms with van der Waals surface area (Å²) < 4.78 is 5.89. The molecule has 1 N–H and O–H groups in total. The highest BCUT2D eigenvalue weighted by molar-refractivity contribution is 7.80. The summed E-state index contributed by atoms with van der Waals surface area (Å²) in [5, 5.41) is 14.0. The minimum absolute atomic E-state index is 0.0967. The van der Waals surface area contributed by atoms with Crippen molar-refractivity contribution in [2.45, 2.75) is 56.2 Å². The molecule has 7 heteroatoms. The van der Waals surface area contributed by atoms with E-state index in [1.807, 2.05) is 135 Å². The van der Waals surface area contributed by atoms with Crippen molar-refractivity contribution in [3.63, 3.8) is 0 Å². The van der Waals surface area contributed by atoms with E-state index in [9.17, 15) is 14.9 Å². The quantitative estimate of drug-likeness (QED) is 0.119. The lowest BCUT2D eigenvalue weighted by Crippen LogP contribution is -2.58. The first-order valence-corrected chi connectivity index (χ1v) is 16.3. The topological polar surface area (TPSA) is 82.4 Å². The van der Waals surface area contributed by atoms with Crippen molar-refractivity contribution in [3.8, 4) is 6.07 Å². The van der Waals surface area contributed by atoms with Crippen molar-refractivity contribution in [3.05, 3.63) is 143 Å². The first kappa shape index (κ1) is 33.0. The van der Waals surface area contributed by atoms with Crippen LogP contribution < -0.4 is 5.32 Å². The average molecular weight is 632 g/mol. The third-order valence-electron chi connectivity index (χ3n) is 8.70. The van der Waals surface area contributed by atoms with E-state index < -0.39 is 28.6 Å². The number of nitriles is 1. The second kappa shape index (κ2) is 13.9. The lowest BCUT2D eigenvalue weighted by atomic mass is 9.73. The van der Waals surface area contributed by atoms with Crippen LogP contribution in [0, 0.1) is 11.3 Å². The fourth-order valence-electron chi connectivity index (χ4n) is 6.42. The van der Waals surface area contributed by atoms with Crippen LogP contribution in [0.3, 0.4) is 0 Å². The molecule has 236 valence electrons. The van der Waals surface area contributed by atoms with Crippen LogP contribution in [-0.2, 0) is 20.5 Å². The average Bonchev–Trinajstić information content (AvgIpc) is 3.09. The largest absolute Gasteiger partial charge is 0.456 e. The Balaban J connectivity index is 1.58. The summed E-state index contributed by atoms with van der Waals surface area (Å²) in [5.41, 5.74) is 1.35. The second-order valence-electron chi connectivity index (χ2n) is 12.8. The van der Waals surface area contributed by atoms with Crippen LogP contribution in [0.25, 0.3) is 0 Å². The normalized spacial score (nSPS) is 15.4. The van der Waals surface area contributed by atoms with Gasteiger partial charge in [0.1, 0.15) is 5.60 Å². The van der Waals surface area contributed by atoms with E-state index in [0.717, 1.165) is 16.7 Å². The minimum Gasteiger partial charge on any atom is -0.456 e. The predicted octanol–water partition coefficient (Wildman–Crippen LogP) is 6.91. The Kier molecular flexibility index (Phi) is 10.0. The number of benzene rings is 4. The highest BCUT2D eigenvalue weighted by Gasteiger charge is 2.44. The number of ether oxygens (including phenoxy) is 1. The number of rotatable bonds is 9. The number of carbonyl (C=O) groups is 2. The molecule has 6 nitrogen and oxygen atoms in total. The molecule has 1 saturated heterocycles. The minimum atomic E-state index is -1.12. The first-order chi connectivity index (χ1) is 22.1. The Hall–Kier alpha value is -4.38. The maximum atomic E-state index is 14.4. The molecule has 1 fully saturated rings. The fraction of sp³-hybridized carbons (Fsp3) is 0.308. The number of nitrogens with one attached hydrogen (secondary N) is 1. The number of nitrogens with zero attached hydrogens (tertiary/aromatic N) is 2. The molecule has 1 amide bonds. The summed E-state index contributed by atoms with van der Waals surface area (Å²) in [6, 6.07) is 38.9. The number of hydrogen-bond donors (Lipinski definition) is 2. The third kappa shape index (κ3) is 6.74. The molecule has 0 bridgehead atoms. The molecular weight excluding hydrogens is 591 g/mol. The molecule has 5 rings (SSSR count). The van der Waals surface area contributed by atoms with Crippen LogP contribution >= 0.6 is 12.6 Å². The number of thiol groups is 1. The molecule has 1 aliphatic rings. The van der Waals surface area contributed by atoms with Gasteiger partial charge < -0.3 is 9.64 Å². The number of carbonyl (C=O) groups excluding carboxylic acids is 2. The van der Waals surface area contributed by atoms with E-state index >= 15 is 0 Å². The van der Waals surface area contributed by atoms with Gasteiger partial charge in [-0.05, 0) is 61.9 Å². The summed E-state index contributed by atoms with van der Waals surface area (Å²) in [4.78, 5) is 30.0. The summed E-state index contributed by atoms with van der Waals surface area (Å²) >= 11 is 4.70. The predicted molar refractivity (Wildman–Crippen MR) is 185 cm³/mol. The summed E-state index contributed by atoms with van der Waals surface area (Å²) in [6.45, 7) is 6.44. The number of likely N-dealkylation sites (tertiary alicyclic amines) is 1. The zero-order valence-electron chi connectivity index (χ0n) is 26.6. The smallest absolute Gasteiger partial charge is 0.339 e. The van der Waals surface area contributed by atoms with Crippen LogP contribution in [0.15, 0.2) is 115 Å². The van der Waals surface area contributed by atoms with Gasteiger partial charge in [-0.15, -0.1) is 0 Å². The van der Waals surface area contributed by atoms with Gasteiger partial charge in [-0.2, -0.15) is 17.9 Å². The van der Waals surface area contributed by atoms with Gasteiger partial charge >= 0.3 is 5.97 Å². The molecule has 1 heterocycles. The van der Waals surface area contributed by atoms with Crippen molar-refractivity contribution in [1.82, 2.24) is 10.2 Å². The van der Waals surface area contributed by atoms with E-state index in [1.165, 1.54) is 0 Å². The number of hydrogen-bond acceptors (Lipinski definition) is 6. The van der Waals surface area contributed by atoms with Gasteiger partial charge in [0.25, 0.3) is 0 Å². The number of amides is 1. The van der Waals surface area contributed by atoms with E-state index in [0.29, 0.717) is 37.1 Å². The van der Waals surface area contributed by atoms with Gasteiger partial charge in [0.15, 0.2) is 0 Å². The zero-order valence-corrected chi connectivity index (χ0v) is 27.5. The Morgan fingerprint density at radius 1 is 0.848 bits per heavy atom. The fourth-order valence-corrected chi connectivity index (χ4v) is 6.67. The molecular formula is C39H41N3O3S. The highest BCUT2D eigenvalue weighted by atomic mass is 32.1. The molecule has 0 radical (unpaired) electrons. The lowest BCUT2D eigenvalue weighted by Gasteiger charge is -2.43. The van der Waals surface area contributed by atoms with Crippen molar-refractivity contribution in [1.29, 1.82) is 5.26 Å². The Bertz CT molecular complexity index is 1630.